The lowest BCUT2D eigenvalue weighted by Gasteiger charge is -2.41. The lowest BCUT2D eigenvalue weighted by Crippen LogP contribution is -2.49. The molecule has 3 heterocycles. The molecule has 5 aromatic rings. The normalized spacial score (nSPS) is 15.9. The molecule has 0 fully saturated rings. The van der Waals surface area contributed by atoms with Gasteiger partial charge in [0.15, 0.2) is 6.17 Å². The molecule has 0 amide bonds. The largest absolute Gasteiger partial charge is 0.456 e. The van der Waals surface area contributed by atoms with Crippen LogP contribution in [0.2, 0.25) is 0 Å². The van der Waals surface area contributed by atoms with Crippen LogP contribution in [-0.2, 0) is 12.6 Å². The van der Waals surface area contributed by atoms with Gasteiger partial charge in [-0.3, -0.25) is 0 Å². The summed E-state index contributed by atoms with van der Waals surface area (Å²) in [5, 5.41) is 2.39. The first-order valence-corrected chi connectivity index (χ1v) is 14.9. The SMILES string of the molecule is Cc1ccc2oc3ccccc3c2c1C(C)(C)N1C=CN(c2n(-c3c(C(C)C)cccc3C(C)C)cc[n+]2C)[C@H]1C. The summed E-state index contributed by atoms with van der Waals surface area (Å²) in [5.74, 6) is 1.98. The fourth-order valence-corrected chi connectivity index (χ4v) is 6.99. The Kier molecular flexibility index (Phi) is 6.52. The minimum atomic E-state index is -0.296. The monoisotopic (exact) mass is 547 g/mol. The highest BCUT2D eigenvalue weighted by atomic mass is 16.3. The van der Waals surface area contributed by atoms with Crippen molar-refractivity contribution in [3.05, 3.63) is 102 Å². The van der Waals surface area contributed by atoms with Crippen molar-refractivity contribution in [3.63, 3.8) is 0 Å². The zero-order valence-corrected chi connectivity index (χ0v) is 25.9. The topological polar surface area (TPSA) is 28.4 Å². The standard InChI is InChI=1S/C36H43N4O/c1-23(2)27-14-12-15-28(24(3)4)34(27)39-20-19-37(9)35(39)38-21-22-40(26(38)6)36(7,8)33-25(5)17-18-31-32(33)29-13-10-11-16-30(29)41-31/h10-24,26H,1-9H3/q+1/t26-/m1/s1. The summed E-state index contributed by atoms with van der Waals surface area (Å²) in [7, 11) is 2.15. The van der Waals surface area contributed by atoms with E-state index in [0.29, 0.717) is 11.8 Å². The number of aromatic nitrogens is 2. The van der Waals surface area contributed by atoms with Crippen molar-refractivity contribution < 1.29 is 8.98 Å². The summed E-state index contributed by atoms with van der Waals surface area (Å²) in [6.45, 7) is 18.4. The zero-order chi connectivity index (χ0) is 29.2. The first-order valence-electron chi connectivity index (χ1n) is 14.9. The molecule has 5 nitrogen and oxygen atoms in total. The van der Waals surface area contributed by atoms with Crippen LogP contribution in [0.15, 0.2) is 83.8 Å². The number of nitrogens with zero attached hydrogens (tertiary/aromatic N) is 4. The Morgan fingerprint density at radius 3 is 2.22 bits per heavy atom. The molecule has 0 aliphatic carbocycles. The summed E-state index contributed by atoms with van der Waals surface area (Å²) in [5.41, 5.74) is 8.21. The molecule has 6 rings (SSSR count). The molecular formula is C36H43N4O+. The Morgan fingerprint density at radius 1 is 0.854 bits per heavy atom. The van der Waals surface area contributed by atoms with Gasteiger partial charge in [-0.25, -0.2) is 14.0 Å². The second-order valence-corrected chi connectivity index (χ2v) is 12.7. The van der Waals surface area contributed by atoms with E-state index in [9.17, 15) is 0 Å². The maximum atomic E-state index is 6.30. The summed E-state index contributed by atoms with van der Waals surface area (Å²) < 4.78 is 10.9. The summed E-state index contributed by atoms with van der Waals surface area (Å²) in [6, 6.07) is 19.5. The highest BCUT2D eigenvalue weighted by Gasteiger charge is 2.43. The molecule has 0 bridgehead atoms. The third-order valence-electron chi connectivity index (χ3n) is 8.99. The van der Waals surface area contributed by atoms with Gasteiger partial charge in [-0.15, -0.1) is 0 Å². The van der Waals surface area contributed by atoms with Gasteiger partial charge in [0.1, 0.15) is 23.1 Å². The molecule has 0 N–H and O–H groups in total. The van der Waals surface area contributed by atoms with Gasteiger partial charge in [-0.1, -0.05) is 70.2 Å². The molecule has 0 radical (unpaired) electrons. The third-order valence-corrected chi connectivity index (χ3v) is 8.99. The first kappa shape index (κ1) is 27.2. The molecule has 0 spiro atoms. The van der Waals surface area contributed by atoms with Gasteiger partial charge in [-0.05, 0) is 73.9 Å². The molecule has 1 atom stereocenters. The van der Waals surface area contributed by atoms with Gasteiger partial charge in [0.05, 0.1) is 25.0 Å². The summed E-state index contributed by atoms with van der Waals surface area (Å²) in [6.07, 6.45) is 8.99. The van der Waals surface area contributed by atoms with E-state index in [4.69, 9.17) is 4.42 Å². The van der Waals surface area contributed by atoms with Crippen LogP contribution in [0, 0.1) is 6.92 Å². The number of anilines is 1. The van der Waals surface area contributed by atoms with Gasteiger partial charge in [0.2, 0.25) is 0 Å². The highest BCUT2D eigenvalue weighted by Crippen LogP contribution is 2.44. The number of para-hydroxylation sites is 2. The summed E-state index contributed by atoms with van der Waals surface area (Å²) in [4.78, 5) is 4.90. The fraction of sp³-hybridized carbons (Fsp3) is 0.361. The van der Waals surface area contributed by atoms with Crippen molar-refractivity contribution in [2.45, 2.75) is 78.9 Å². The minimum absolute atomic E-state index is 0.0892. The molecule has 2 aromatic heterocycles. The van der Waals surface area contributed by atoms with Gasteiger partial charge in [0.25, 0.3) is 0 Å². The van der Waals surface area contributed by atoms with Crippen molar-refractivity contribution in [1.82, 2.24) is 9.47 Å². The number of hydrogen-bond donors (Lipinski definition) is 0. The van der Waals surface area contributed by atoms with Gasteiger partial charge in [0, 0.05) is 17.0 Å². The molecule has 0 unspecified atom stereocenters. The van der Waals surface area contributed by atoms with Crippen molar-refractivity contribution in [3.8, 4) is 5.69 Å². The number of furan rings is 1. The average molecular weight is 548 g/mol. The van der Waals surface area contributed by atoms with Crippen molar-refractivity contribution in [2.24, 2.45) is 7.05 Å². The Hall–Kier alpha value is -3.99. The molecule has 212 valence electrons. The highest BCUT2D eigenvalue weighted by molar-refractivity contribution is 6.07. The number of imidazole rings is 1. The van der Waals surface area contributed by atoms with E-state index >= 15 is 0 Å². The predicted octanol–water partition coefficient (Wildman–Crippen LogP) is 8.63. The summed E-state index contributed by atoms with van der Waals surface area (Å²) >= 11 is 0. The maximum absolute atomic E-state index is 6.30. The lowest BCUT2D eigenvalue weighted by molar-refractivity contribution is -0.657. The van der Waals surface area contributed by atoms with Crippen LogP contribution >= 0.6 is 0 Å². The van der Waals surface area contributed by atoms with E-state index < -0.39 is 0 Å². The molecule has 41 heavy (non-hydrogen) atoms. The van der Waals surface area contributed by atoms with Crippen LogP contribution < -0.4 is 9.47 Å². The quantitative estimate of drug-likeness (QED) is 0.199. The Morgan fingerprint density at radius 2 is 1.54 bits per heavy atom. The second kappa shape index (κ2) is 9.83. The Bertz CT molecular complexity index is 1760. The van der Waals surface area contributed by atoms with Crippen LogP contribution in [0.3, 0.4) is 0 Å². The molecule has 0 saturated carbocycles. The molecule has 0 saturated heterocycles. The van der Waals surface area contributed by atoms with E-state index in [1.165, 1.54) is 38.7 Å². The molecule has 1 aliphatic rings. The number of rotatable bonds is 6. The van der Waals surface area contributed by atoms with Gasteiger partial charge in [-0.2, -0.15) is 0 Å². The second-order valence-electron chi connectivity index (χ2n) is 12.7. The van der Waals surface area contributed by atoms with Gasteiger partial charge < -0.3 is 9.32 Å². The van der Waals surface area contributed by atoms with Crippen LogP contribution in [-0.4, -0.2) is 15.6 Å². The van der Waals surface area contributed by atoms with Crippen LogP contribution in [0.25, 0.3) is 27.6 Å². The molecule has 5 heteroatoms. The number of hydrogen-bond acceptors (Lipinski definition) is 3. The van der Waals surface area contributed by atoms with E-state index in [1.807, 2.05) is 6.07 Å². The zero-order valence-electron chi connectivity index (χ0n) is 25.9. The Labute approximate surface area is 244 Å². The number of aryl methyl sites for hydroxylation is 2. The van der Waals surface area contributed by atoms with E-state index in [-0.39, 0.29) is 11.7 Å². The lowest BCUT2D eigenvalue weighted by atomic mass is 9.85. The van der Waals surface area contributed by atoms with Crippen LogP contribution in [0.5, 0.6) is 0 Å². The fourth-order valence-electron chi connectivity index (χ4n) is 6.99. The number of fused-ring (bicyclic) bond motifs is 3. The smallest absolute Gasteiger partial charge is 0.370 e. The molecule has 1 aliphatic heterocycles. The minimum Gasteiger partial charge on any atom is -0.456 e. The molecule has 3 aromatic carbocycles. The third kappa shape index (κ3) is 4.16. The number of benzene rings is 3. The molecular weight excluding hydrogens is 504 g/mol. The average Bonchev–Trinajstić information content (AvgIpc) is 3.62. The van der Waals surface area contributed by atoms with E-state index in [1.54, 1.807) is 0 Å². The predicted molar refractivity (Wildman–Crippen MR) is 170 cm³/mol. The first-order chi connectivity index (χ1) is 19.5. The van der Waals surface area contributed by atoms with E-state index in [2.05, 4.69) is 155 Å². The van der Waals surface area contributed by atoms with Crippen LogP contribution in [0.1, 0.15) is 82.6 Å². The van der Waals surface area contributed by atoms with E-state index in [0.717, 1.165) is 17.1 Å². The van der Waals surface area contributed by atoms with Gasteiger partial charge >= 0.3 is 5.95 Å². The van der Waals surface area contributed by atoms with Crippen molar-refractivity contribution in [1.29, 1.82) is 0 Å². The van der Waals surface area contributed by atoms with Crippen molar-refractivity contribution >= 4 is 27.9 Å². The maximum Gasteiger partial charge on any atom is 0.370 e. The Balaban J connectivity index is 1.46. The van der Waals surface area contributed by atoms with Crippen LogP contribution in [0.4, 0.5) is 5.95 Å². The van der Waals surface area contributed by atoms with Crippen molar-refractivity contribution in [2.75, 3.05) is 4.90 Å².